The van der Waals surface area contributed by atoms with Crippen molar-refractivity contribution in [1.82, 2.24) is 15.8 Å². The average Bonchev–Trinajstić information content (AvgIpc) is 3.08. The predicted octanol–water partition coefficient (Wildman–Crippen LogP) is 2.77. The molecule has 1 fully saturated rings. The molecule has 26 heavy (non-hydrogen) atoms. The second-order valence-electron chi connectivity index (χ2n) is 7.14. The zero-order chi connectivity index (χ0) is 18.4. The molecule has 1 aliphatic rings. The summed E-state index contributed by atoms with van der Waals surface area (Å²) in [7, 11) is 1.82. The molecule has 1 heterocycles. The van der Waals surface area contributed by atoms with Crippen molar-refractivity contribution in [3.8, 4) is 0 Å². The van der Waals surface area contributed by atoms with Crippen molar-refractivity contribution in [2.45, 2.75) is 57.7 Å². The third kappa shape index (κ3) is 6.20. The quantitative estimate of drug-likeness (QED) is 0.642. The molecule has 0 saturated carbocycles. The number of carbonyl (C=O) groups is 1. The number of nitrogens with two attached hydrogens (primary N) is 1. The van der Waals surface area contributed by atoms with E-state index in [9.17, 15) is 9.18 Å². The molecule has 1 aliphatic heterocycles. The molecule has 4 unspecified atom stereocenters. The first-order valence-electron chi connectivity index (χ1n) is 9.19. The van der Waals surface area contributed by atoms with Gasteiger partial charge in [-0.2, -0.15) is 0 Å². The number of nitrogens with zero attached hydrogens (tertiary/aromatic N) is 1. The summed E-state index contributed by atoms with van der Waals surface area (Å²) < 4.78 is 13.3. The molecule has 4 N–H and O–H groups in total. The summed E-state index contributed by atoms with van der Waals surface area (Å²) in [4.78, 5) is 14.0. The van der Waals surface area contributed by atoms with Gasteiger partial charge in [-0.15, -0.1) is 12.4 Å². The van der Waals surface area contributed by atoms with Crippen LogP contribution in [0, 0.1) is 11.7 Å². The van der Waals surface area contributed by atoms with Crippen molar-refractivity contribution >= 4 is 18.3 Å². The highest BCUT2D eigenvalue weighted by atomic mass is 35.5. The van der Waals surface area contributed by atoms with E-state index in [4.69, 9.17) is 5.73 Å². The highest BCUT2D eigenvalue weighted by Crippen LogP contribution is 2.24. The van der Waals surface area contributed by atoms with Gasteiger partial charge in [-0.1, -0.05) is 32.4 Å². The molecule has 148 valence electrons. The molecule has 1 aromatic rings. The van der Waals surface area contributed by atoms with Gasteiger partial charge in [-0.25, -0.2) is 4.39 Å². The molecule has 5 nitrogen and oxygen atoms in total. The Bertz CT molecular complexity index is 574. The van der Waals surface area contributed by atoms with Crippen LogP contribution in [-0.4, -0.2) is 36.5 Å². The van der Waals surface area contributed by atoms with Crippen LogP contribution in [0.4, 0.5) is 4.39 Å². The Labute approximate surface area is 162 Å². The van der Waals surface area contributed by atoms with Gasteiger partial charge in [0.1, 0.15) is 5.82 Å². The van der Waals surface area contributed by atoms with E-state index in [1.54, 1.807) is 17.0 Å². The number of likely N-dealkylation sites (N-methyl/N-ethyl adjacent to an activating group) is 1. The van der Waals surface area contributed by atoms with Crippen molar-refractivity contribution in [2.24, 2.45) is 11.7 Å². The van der Waals surface area contributed by atoms with Crippen LogP contribution in [0.15, 0.2) is 24.3 Å². The second-order valence-corrected chi connectivity index (χ2v) is 7.14. The number of amides is 1. The summed E-state index contributed by atoms with van der Waals surface area (Å²) >= 11 is 0. The van der Waals surface area contributed by atoms with Crippen molar-refractivity contribution in [2.75, 3.05) is 13.6 Å². The number of hydrazine groups is 1. The van der Waals surface area contributed by atoms with E-state index in [-0.39, 0.29) is 36.1 Å². The first-order valence-corrected chi connectivity index (χ1v) is 9.19. The van der Waals surface area contributed by atoms with Gasteiger partial charge in [0.25, 0.3) is 0 Å². The van der Waals surface area contributed by atoms with Crippen molar-refractivity contribution in [1.29, 1.82) is 0 Å². The molecule has 0 aliphatic carbocycles. The zero-order valence-electron chi connectivity index (χ0n) is 15.9. The Morgan fingerprint density at radius 3 is 2.81 bits per heavy atom. The Hall–Kier alpha value is -1.21. The minimum atomic E-state index is -0.418. The lowest BCUT2D eigenvalue weighted by molar-refractivity contribution is -0.132. The molecule has 0 spiro atoms. The van der Waals surface area contributed by atoms with Gasteiger partial charge >= 0.3 is 0 Å². The summed E-state index contributed by atoms with van der Waals surface area (Å²) in [5.74, 6) is 0.00713. The van der Waals surface area contributed by atoms with E-state index in [1.165, 1.54) is 6.07 Å². The van der Waals surface area contributed by atoms with Gasteiger partial charge < -0.3 is 10.6 Å². The highest BCUT2D eigenvalue weighted by Gasteiger charge is 2.26. The maximum Gasteiger partial charge on any atom is 0.239 e. The van der Waals surface area contributed by atoms with Gasteiger partial charge in [0, 0.05) is 25.7 Å². The van der Waals surface area contributed by atoms with Crippen LogP contribution in [0.5, 0.6) is 0 Å². The maximum absolute atomic E-state index is 13.3. The van der Waals surface area contributed by atoms with Gasteiger partial charge in [0.05, 0.1) is 6.04 Å². The average molecular weight is 387 g/mol. The summed E-state index contributed by atoms with van der Waals surface area (Å²) in [5.41, 5.74) is 13.5. The van der Waals surface area contributed by atoms with Gasteiger partial charge in [0.2, 0.25) is 5.91 Å². The number of hydrogen-bond donors (Lipinski definition) is 3. The van der Waals surface area contributed by atoms with Crippen molar-refractivity contribution in [3.63, 3.8) is 0 Å². The van der Waals surface area contributed by atoms with Crippen LogP contribution in [0.3, 0.4) is 0 Å². The zero-order valence-corrected chi connectivity index (χ0v) is 16.7. The summed E-state index contributed by atoms with van der Waals surface area (Å²) in [6.45, 7) is 4.76. The molecule has 7 heteroatoms. The fourth-order valence-corrected chi connectivity index (χ4v) is 3.19. The molecule has 1 aromatic carbocycles. The van der Waals surface area contributed by atoms with Crippen LogP contribution in [-0.2, 0) is 4.79 Å². The van der Waals surface area contributed by atoms with Gasteiger partial charge in [0.15, 0.2) is 0 Å². The van der Waals surface area contributed by atoms with E-state index in [0.29, 0.717) is 12.6 Å². The first kappa shape index (κ1) is 22.8. The Morgan fingerprint density at radius 1 is 1.42 bits per heavy atom. The minimum absolute atomic E-state index is 0. The van der Waals surface area contributed by atoms with Crippen LogP contribution in [0.25, 0.3) is 0 Å². The van der Waals surface area contributed by atoms with E-state index < -0.39 is 6.04 Å². The topological polar surface area (TPSA) is 70.4 Å². The summed E-state index contributed by atoms with van der Waals surface area (Å²) in [5, 5.41) is 0. The summed E-state index contributed by atoms with van der Waals surface area (Å²) in [6.07, 6.45) is 3.67. The molecular weight excluding hydrogens is 355 g/mol. The molecule has 0 radical (unpaired) electrons. The number of nitrogens with one attached hydrogen (secondary N) is 2. The number of hydrogen-bond acceptors (Lipinski definition) is 4. The lowest BCUT2D eigenvalue weighted by Crippen LogP contribution is -2.45. The van der Waals surface area contributed by atoms with Crippen LogP contribution < -0.4 is 16.6 Å². The molecule has 4 atom stereocenters. The van der Waals surface area contributed by atoms with Crippen LogP contribution in [0.1, 0.15) is 51.1 Å². The molecule has 2 rings (SSSR count). The first-order chi connectivity index (χ1) is 11.9. The van der Waals surface area contributed by atoms with Crippen LogP contribution >= 0.6 is 12.4 Å². The normalized spacial score (nSPS) is 21.7. The molecule has 1 saturated heterocycles. The highest BCUT2D eigenvalue weighted by molar-refractivity contribution is 5.85. The third-order valence-electron chi connectivity index (χ3n) is 5.20. The Kier molecular flexibility index (Phi) is 9.50. The van der Waals surface area contributed by atoms with E-state index in [2.05, 4.69) is 10.9 Å². The van der Waals surface area contributed by atoms with Crippen molar-refractivity contribution in [3.05, 3.63) is 35.6 Å². The van der Waals surface area contributed by atoms with E-state index >= 15 is 0 Å². The van der Waals surface area contributed by atoms with Gasteiger partial charge in [-0.05, 0) is 42.9 Å². The molecule has 1 amide bonds. The monoisotopic (exact) mass is 386 g/mol. The van der Waals surface area contributed by atoms with E-state index in [1.807, 2.05) is 27.0 Å². The predicted molar refractivity (Wildman–Crippen MR) is 105 cm³/mol. The number of halogens is 2. The molecule has 0 aromatic heterocycles. The second kappa shape index (κ2) is 10.8. The number of benzene rings is 1. The Balaban J connectivity index is 0.00000338. The third-order valence-corrected chi connectivity index (χ3v) is 5.20. The molecule has 0 bridgehead atoms. The Morgan fingerprint density at radius 2 is 2.15 bits per heavy atom. The minimum Gasteiger partial charge on any atom is -0.344 e. The summed E-state index contributed by atoms with van der Waals surface area (Å²) in [6, 6.07) is 6.73. The number of carbonyl (C=O) groups excluding carboxylic acids is 1. The maximum atomic E-state index is 13.3. The SMILES string of the molecule is CCC(C)C(N)C(=O)N(C)CCCC1CC(c2cccc(F)c2)NN1.Cl. The number of rotatable bonds is 8. The van der Waals surface area contributed by atoms with E-state index in [0.717, 1.165) is 31.2 Å². The fraction of sp³-hybridized carbons (Fsp3) is 0.632. The van der Waals surface area contributed by atoms with Crippen LogP contribution in [0.2, 0.25) is 0 Å². The smallest absolute Gasteiger partial charge is 0.239 e. The lowest BCUT2D eigenvalue weighted by atomic mass is 9.98. The standard InChI is InChI=1S/C19H31FN4O.ClH/c1-4-13(2)18(21)19(25)24(3)10-6-9-16-12-17(23-22-16)14-7-5-8-15(20)11-14;/h5,7-8,11,13,16-18,22-23H,4,6,9-10,12,21H2,1-3H3;1H. The van der Waals surface area contributed by atoms with Crippen molar-refractivity contribution < 1.29 is 9.18 Å². The molecular formula is C19H32ClFN4O. The lowest BCUT2D eigenvalue weighted by Gasteiger charge is -2.25. The fourth-order valence-electron chi connectivity index (χ4n) is 3.19. The largest absolute Gasteiger partial charge is 0.344 e. The van der Waals surface area contributed by atoms with Gasteiger partial charge in [-0.3, -0.25) is 15.6 Å².